The Balaban J connectivity index is 0.00000121. The van der Waals surface area contributed by atoms with E-state index < -0.39 is 11.5 Å². The average Bonchev–Trinajstić information content (AvgIpc) is 2.05. The summed E-state index contributed by atoms with van der Waals surface area (Å²) in [5.74, 6) is -0.985. The summed E-state index contributed by atoms with van der Waals surface area (Å²) in [5, 5.41) is 16.6. The Morgan fingerprint density at radius 3 is 2.25 bits per heavy atom. The van der Waals surface area contributed by atoms with Crippen molar-refractivity contribution in [3.05, 3.63) is 0 Å². The van der Waals surface area contributed by atoms with E-state index in [4.69, 9.17) is 0 Å². The monoisotopic (exact) mass is 180 g/mol. The maximum atomic E-state index is 10.7. The van der Waals surface area contributed by atoms with E-state index in [0.717, 1.165) is 13.1 Å². The number of carbonyl (C=O) groups excluding carboxylic acids is 1. The first-order chi connectivity index (χ1) is 5.21. The van der Waals surface area contributed by atoms with Crippen LogP contribution in [0.3, 0.4) is 0 Å². The second-order valence-electron chi connectivity index (χ2n) is 2.87. The van der Waals surface area contributed by atoms with Gasteiger partial charge in [-0.2, -0.15) is 0 Å². The first-order valence-corrected chi connectivity index (χ1v) is 3.82. The van der Waals surface area contributed by atoms with Crippen molar-refractivity contribution in [2.24, 2.45) is 0 Å². The molecule has 2 N–H and O–H groups in total. The van der Waals surface area contributed by atoms with Crippen LogP contribution in [0.5, 0.6) is 0 Å². The molecule has 1 heterocycles. The fourth-order valence-corrected chi connectivity index (χ4v) is 1.41. The molecule has 1 saturated heterocycles. The van der Waals surface area contributed by atoms with Crippen LogP contribution in [0.1, 0.15) is 12.8 Å². The number of carboxylic acid groups (broad SMARTS) is 1. The molecule has 0 aromatic carbocycles. The predicted octanol–water partition coefficient (Wildman–Crippen LogP) is -4.92. The number of likely N-dealkylation sites (N-methyl/N-ethyl adjacent to an activating group) is 1. The zero-order valence-corrected chi connectivity index (χ0v) is 9.64. The van der Waals surface area contributed by atoms with Gasteiger partial charge in [-0.05, 0) is 33.0 Å². The number of carbonyl (C=O) groups is 1. The molecule has 64 valence electrons. The molecule has 1 aliphatic heterocycles. The molecule has 4 nitrogen and oxygen atoms in total. The van der Waals surface area contributed by atoms with Gasteiger partial charge < -0.3 is 20.5 Å². The van der Waals surface area contributed by atoms with E-state index in [0.29, 0.717) is 12.8 Å². The number of nitrogens with one attached hydrogen (secondary N) is 2. The molecule has 0 aromatic heterocycles. The van der Waals surface area contributed by atoms with Crippen LogP contribution >= 0.6 is 0 Å². The molecule has 1 fully saturated rings. The van der Waals surface area contributed by atoms with Gasteiger partial charge in [0.2, 0.25) is 0 Å². The topological polar surface area (TPSA) is 64.2 Å². The van der Waals surface area contributed by atoms with Crippen molar-refractivity contribution in [1.82, 2.24) is 10.6 Å². The summed E-state index contributed by atoms with van der Waals surface area (Å²) in [6.07, 6.45) is 1.21. The summed E-state index contributed by atoms with van der Waals surface area (Å²) in [6, 6.07) is 0. The summed E-state index contributed by atoms with van der Waals surface area (Å²) in [4.78, 5) is 10.7. The van der Waals surface area contributed by atoms with Crippen LogP contribution < -0.4 is 45.3 Å². The Kier molecular flexibility index (Phi) is 5.36. The first-order valence-electron chi connectivity index (χ1n) is 3.82. The summed E-state index contributed by atoms with van der Waals surface area (Å²) in [5.41, 5.74) is -0.786. The molecule has 5 heteroatoms. The van der Waals surface area contributed by atoms with Gasteiger partial charge in [-0.3, -0.25) is 0 Å². The molecule has 1 aliphatic rings. The molecule has 1 rings (SSSR count). The summed E-state index contributed by atoms with van der Waals surface area (Å²) in [7, 11) is 1.67. The first kappa shape index (κ1) is 12.4. The zero-order valence-electron chi connectivity index (χ0n) is 7.64. The van der Waals surface area contributed by atoms with Crippen molar-refractivity contribution in [2.45, 2.75) is 18.4 Å². The van der Waals surface area contributed by atoms with Crippen molar-refractivity contribution >= 4 is 5.97 Å². The number of piperidine rings is 1. The van der Waals surface area contributed by atoms with E-state index in [-0.39, 0.29) is 29.6 Å². The van der Waals surface area contributed by atoms with Gasteiger partial charge in [0.1, 0.15) is 0 Å². The molecule has 0 bridgehead atoms. The maximum Gasteiger partial charge on any atom is 1.00 e. The van der Waals surface area contributed by atoms with Crippen molar-refractivity contribution in [1.29, 1.82) is 0 Å². The molecule has 0 spiro atoms. The van der Waals surface area contributed by atoms with E-state index in [9.17, 15) is 9.90 Å². The third-order valence-corrected chi connectivity index (χ3v) is 2.33. The summed E-state index contributed by atoms with van der Waals surface area (Å²) in [6.45, 7) is 1.49. The van der Waals surface area contributed by atoms with E-state index in [1.165, 1.54) is 0 Å². The third-order valence-electron chi connectivity index (χ3n) is 2.33. The zero-order chi connectivity index (χ0) is 8.32. The molecule has 0 atom stereocenters. The van der Waals surface area contributed by atoms with Crippen LogP contribution in [0.4, 0.5) is 0 Å². The smallest absolute Gasteiger partial charge is 0.548 e. The third kappa shape index (κ3) is 2.44. The molecule has 0 radical (unpaired) electrons. The molecule has 0 aliphatic carbocycles. The van der Waals surface area contributed by atoms with Gasteiger partial charge in [-0.15, -0.1) is 0 Å². The molecule has 12 heavy (non-hydrogen) atoms. The SMILES string of the molecule is CNC1(C(=O)[O-])CCNCC1.[Na+]. The summed E-state index contributed by atoms with van der Waals surface area (Å²) >= 11 is 0. The van der Waals surface area contributed by atoms with Gasteiger partial charge in [0.25, 0.3) is 0 Å². The van der Waals surface area contributed by atoms with Crippen molar-refractivity contribution in [3.63, 3.8) is 0 Å². The molecule has 0 unspecified atom stereocenters. The quantitative estimate of drug-likeness (QED) is 0.418. The van der Waals surface area contributed by atoms with Gasteiger partial charge in [0.05, 0.1) is 11.5 Å². The average molecular weight is 180 g/mol. The minimum absolute atomic E-state index is 0. The van der Waals surface area contributed by atoms with E-state index in [1.54, 1.807) is 7.05 Å². The molecule has 0 saturated carbocycles. The number of hydrogen-bond acceptors (Lipinski definition) is 4. The number of aliphatic carboxylic acids is 1. The van der Waals surface area contributed by atoms with Crippen molar-refractivity contribution < 1.29 is 39.5 Å². The van der Waals surface area contributed by atoms with Crippen LogP contribution in [0.25, 0.3) is 0 Å². The Morgan fingerprint density at radius 1 is 1.50 bits per heavy atom. The van der Waals surface area contributed by atoms with Crippen LogP contribution in [0, 0.1) is 0 Å². The number of rotatable bonds is 2. The second kappa shape index (κ2) is 5.19. The molecular formula is C7H13N2NaO2. The fraction of sp³-hybridized carbons (Fsp3) is 0.857. The normalized spacial score (nSPS) is 21.1. The minimum atomic E-state index is -0.985. The molecular weight excluding hydrogens is 167 g/mol. The largest absolute Gasteiger partial charge is 1.00 e. The van der Waals surface area contributed by atoms with Crippen LogP contribution in [-0.2, 0) is 4.79 Å². The van der Waals surface area contributed by atoms with Crippen molar-refractivity contribution in [2.75, 3.05) is 20.1 Å². The Morgan fingerprint density at radius 2 is 2.00 bits per heavy atom. The Bertz CT molecular complexity index is 157. The predicted molar refractivity (Wildman–Crippen MR) is 38.9 cm³/mol. The summed E-state index contributed by atoms with van der Waals surface area (Å²) < 4.78 is 0. The number of carboxylic acids is 1. The molecule has 0 amide bonds. The van der Waals surface area contributed by atoms with E-state index in [1.807, 2.05) is 0 Å². The van der Waals surface area contributed by atoms with E-state index >= 15 is 0 Å². The van der Waals surface area contributed by atoms with E-state index in [2.05, 4.69) is 10.6 Å². The van der Waals surface area contributed by atoms with Gasteiger partial charge in [-0.1, -0.05) is 0 Å². The molecule has 0 aromatic rings. The minimum Gasteiger partial charge on any atom is -0.548 e. The Hall–Kier alpha value is 0.390. The number of hydrogen-bond donors (Lipinski definition) is 2. The van der Waals surface area contributed by atoms with Crippen LogP contribution in [0.15, 0.2) is 0 Å². The second-order valence-corrected chi connectivity index (χ2v) is 2.87. The van der Waals surface area contributed by atoms with Crippen LogP contribution in [0.2, 0.25) is 0 Å². The Labute approximate surface area is 94.4 Å². The van der Waals surface area contributed by atoms with Crippen LogP contribution in [-0.4, -0.2) is 31.6 Å². The van der Waals surface area contributed by atoms with Gasteiger partial charge in [0.15, 0.2) is 0 Å². The maximum absolute atomic E-state index is 10.7. The van der Waals surface area contributed by atoms with Gasteiger partial charge in [0, 0.05) is 0 Å². The van der Waals surface area contributed by atoms with Gasteiger partial charge in [-0.25, -0.2) is 0 Å². The fourth-order valence-electron chi connectivity index (χ4n) is 1.41. The standard InChI is InChI=1S/C7H14N2O2.Na/c1-8-7(6(10)11)2-4-9-5-3-7;/h8-9H,2-5H2,1H3,(H,10,11);/q;+1/p-1. The van der Waals surface area contributed by atoms with Gasteiger partial charge >= 0.3 is 29.6 Å². The van der Waals surface area contributed by atoms with Crippen molar-refractivity contribution in [3.8, 4) is 0 Å².